The highest BCUT2D eigenvalue weighted by molar-refractivity contribution is 5.91. The smallest absolute Gasteiger partial charge is 0.242 e. The van der Waals surface area contributed by atoms with E-state index in [-0.39, 0.29) is 43.2 Å². The van der Waals surface area contributed by atoms with E-state index in [4.69, 9.17) is 0 Å². The Hall–Kier alpha value is -2.11. The van der Waals surface area contributed by atoms with Crippen molar-refractivity contribution in [2.75, 3.05) is 26.2 Å². The molecule has 2 amide bonds. The average molecular weight is 404 g/mol. The van der Waals surface area contributed by atoms with Gasteiger partial charge in [-0.25, -0.2) is 0 Å². The summed E-state index contributed by atoms with van der Waals surface area (Å²) in [6.45, 7) is 4.81. The lowest BCUT2D eigenvalue weighted by Crippen LogP contribution is -2.49. The Labute approximate surface area is 173 Å². The summed E-state index contributed by atoms with van der Waals surface area (Å²) in [4.78, 5) is 27.1. The van der Waals surface area contributed by atoms with Crippen LogP contribution in [-0.4, -0.2) is 48.9 Å². The van der Waals surface area contributed by atoms with Crippen LogP contribution < -0.4 is 10.6 Å². The van der Waals surface area contributed by atoms with E-state index in [0.717, 1.165) is 55.2 Å². The average Bonchev–Trinajstić information content (AvgIpc) is 2.71. The number of benzene rings is 2. The summed E-state index contributed by atoms with van der Waals surface area (Å²) in [5.41, 5.74) is 0.988. The SMILES string of the molecule is CCCN(C(=O)CNC(=O)Cc1cccc2ccccc12)C1CCNCC1.Cl. The van der Waals surface area contributed by atoms with Crippen LogP contribution in [0.2, 0.25) is 0 Å². The molecule has 0 bridgehead atoms. The zero-order chi connectivity index (χ0) is 19.1. The number of fused-ring (bicyclic) bond motifs is 1. The molecule has 1 aliphatic heterocycles. The maximum Gasteiger partial charge on any atom is 0.242 e. The zero-order valence-corrected chi connectivity index (χ0v) is 17.3. The number of carbonyl (C=O) groups excluding carboxylic acids is 2. The lowest BCUT2D eigenvalue weighted by atomic mass is 10.0. The van der Waals surface area contributed by atoms with Crippen LogP contribution in [0, 0.1) is 0 Å². The molecule has 0 atom stereocenters. The predicted octanol–water partition coefficient (Wildman–Crippen LogP) is 2.91. The van der Waals surface area contributed by atoms with Gasteiger partial charge >= 0.3 is 0 Å². The molecule has 0 aliphatic carbocycles. The Balaban J connectivity index is 0.00000280. The standard InChI is InChI=1S/C22H29N3O2.ClH/c1-2-14-25(19-10-12-23-13-11-19)22(27)16-24-21(26)15-18-8-5-7-17-6-3-4-9-20(17)18;/h3-9,19,23H,2,10-16H2,1H3,(H,24,26);1H. The Bertz CT molecular complexity index is 785. The molecule has 2 aromatic rings. The van der Waals surface area contributed by atoms with Gasteiger partial charge in [-0.1, -0.05) is 49.4 Å². The van der Waals surface area contributed by atoms with Crippen LogP contribution in [0.1, 0.15) is 31.7 Å². The first-order chi connectivity index (χ1) is 13.2. The van der Waals surface area contributed by atoms with Crippen molar-refractivity contribution in [2.45, 2.75) is 38.6 Å². The van der Waals surface area contributed by atoms with Crippen LogP contribution in [0.5, 0.6) is 0 Å². The highest BCUT2D eigenvalue weighted by Gasteiger charge is 2.24. The normalized spacial score (nSPS) is 14.3. The Morgan fingerprint density at radius 1 is 1.11 bits per heavy atom. The summed E-state index contributed by atoms with van der Waals surface area (Å²) in [7, 11) is 0. The van der Waals surface area contributed by atoms with Gasteiger partial charge in [-0.15, -0.1) is 12.4 Å². The molecule has 5 nitrogen and oxygen atoms in total. The molecule has 3 rings (SSSR count). The maximum atomic E-state index is 12.7. The third kappa shape index (κ3) is 5.69. The molecule has 2 N–H and O–H groups in total. The molecule has 6 heteroatoms. The van der Waals surface area contributed by atoms with Crippen molar-refractivity contribution >= 4 is 35.0 Å². The van der Waals surface area contributed by atoms with E-state index in [9.17, 15) is 9.59 Å². The summed E-state index contributed by atoms with van der Waals surface area (Å²) >= 11 is 0. The summed E-state index contributed by atoms with van der Waals surface area (Å²) in [6, 6.07) is 14.3. The van der Waals surface area contributed by atoms with Gasteiger partial charge in [0.05, 0.1) is 13.0 Å². The number of nitrogens with one attached hydrogen (secondary N) is 2. The van der Waals surface area contributed by atoms with Gasteiger partial charge in [0.15, 0.2) is 0 Å². The van der Waals surface area contributed by atoms with Crippen molar-refractivity contribution < 1.29 is 9.59 Å². The van der Waals surface area contributed by atoms with Gasteiger partial charge in [-0.05, 0) is 48.7 Å². The van der Waals surface area contributed by atoms with Crippen molar-refractivity contribution in [3.63, 3.8) is 0 Å². The fraction of sp³-hybridized carbons (Fsp3) is 0.455. The number of rotatable bonds is 7. The number of halogens is 1. The highest BCUT2D eigenvalue weighted by Crippen LogP contribution is 2.19. The summed E-state index contributed by atoms with van der Waals surface area (Å²) in [5.74, 6) is -0.0866. The lowest BCUT2D eigenvalue weighted by molar-refractivity contribution is -0.135. The summed E-state index contributed by atoms with van der Waals surface area (Å²) < 4.78 is 0. The molecule has 0 unspecified atom stereocenters. The highest BCUT2D eigenvalue weighted by atomic mass is 35.5. The molecule has 1 fully saturated rings. The van der Waals surface area contributed by atoms with E-state index in [2.05, 4.69) is 17.6 Å². The van der Waals surface area contributed by atoms with E-state index in [0.29, 0.717) is 0 Å². The molecule has 152 valence electrons. The van der Waals surface area contributed by atoms with Gasteiger partial charge in [-0.2, -0.15) is 0 Å². The Morgan fingerprint density at radius 3 is 2.57 bits per heavy atom. The number of piperidine rings is 1. The van der Waals surface area contributed by atoms with E-state index in [1.807, 2.05) is 47.4 Å². The molecule has 1 aliphatic rings. The predicted molar refractivity (Wildman–Crippen MR) is 116 cm³/mol. The number of amides is 2. The molecule has 1 saturated heterocycles. The van der Waals surface area contributed by atoms with E-state index < -0.39 is 0 Å². The van der Waals surface area contributed by atoms with Crippen molar-refractivity contribution in [1.82, 2.24) is 15.5 Å². The fourth-order valence-electron chi connectivity index (χ4n) is 3.83. The van der Waals surface area contributed by atoms with E-state index in [1.165, 1.54) is 0 Å². The van der Waals surface area contributed by atoms with Gasteiger partial charge in [0, 0.05) is 12.6 Å². The number of hydrogen-bond acceptors (Lipinski definition) is 3. The number of carbonyl (C=O) groups is 2. The molecule has 2 aromatic carbocycles. The van der Waals surface area contributed by atoms with Crippen LogP contribution >= 0.6 is 12.4 Å². The number of hydrogen-bond donors (Lipinski definition) is 2. The van der Waals surface area contributed by atoms with Gasteiger partial charge < -0.3 is 15.5 Å². The first kappa shape index (κ1) is 22.2. The van der Waals surface area contributed by atoms with Crippen LogP contribution in [0.3, 0.4) is 0 Å². The van der Waals surface area contributed by atoms with Gasteiger partial charge in [0.2, 0.25) is 11.8 Å². The maximum absolute atomic E-state index is 12.7. The molecule has 28 heavy (non-hydrogen) atoms. The second-order valence-electron chi connectivity index (χ2n) is 7.16. The minimum absolute atomic E-state index is 0. The van der Waals surface area contributed by atoms with Crippen molar-refractivity contribution in [3.05, 3.63) is 48.0 Å². The third-order valence-electron chi connectivity index (χ3n) is 5.20. The van der Waals surface area contributed by atoms with E-state index >= 15 is 0 Å². The summed E-state index contributed by atoms with van der Waals surface area (Å²) in [5, 5.41) is 8.37. The largest absolute Gasteiger partial charge is 0.347 e. The zero-order valence-electron chi connectivity index (χ0n) is 16.4. The van der Waals surface area contributed by atoms with Crippen LogP contribution in [-0.2, 0) is 16.0 Å². The first-order valence-corrected chi connectivity index (χ1v) is 9.92. The van der Waals surface area contributed by atoms with Crippen molar-refractivity contribution in [3.8, 4) is 0 Å². The molecular formula is C22H30ClN3O2. The van der Waals surface area contributed by atoms with E-state index in [1.54, 1.807) is 0 Å². The molecule has 0 spiro atoms. The third-order valence-corrected chi connectivity index (χ3v) is 5.20. The van der Waals surface area contributed by atoms with Gasteiger partial charge in [0.25, 0.3) is 0 Å². The topological polar surface area (TPSA) is 61.4 Å². The molecule has 0 saturated carbocycles. The fourth-order valence-corrected chi connectivity index (χ4v) is 3.83. The van der Waals surface area contributed by atoms with Crippen molar-refractivity contribution in [2.24, 2.45) is 0 Å². The van der Waals surface area contributed by atoms with Gasteiger partial charge in [0.1, 0.15) is 0 Å². The number of nitrogens with zero attached hydrogens (tertiary/aromatic N) is 1. The Kier molecular flexibility index (Phi) is 8.74. The molecular weight excluding hydrogens is 374 g/mol. The summed E-state index contributed by atoms with van der Waals surface area (Å²) in [6.07, 6.45) is 3.18. The molecule has 0 radical (unpaired) electrons. The second-order valence-corrected chi connectivity index (χ2v) is 7.16. The molecule has 0 aromatic heterocycles. The monoisotopic (exact) mass is 403 g/mol. The molecule has 1 heterocycles. The minimum Gasteiger partial charge on any atom is -0.347 e. The first-order valence-electron chi connectivity index (χ1n) is 9.92. The van der Waals surface area contributed by atoms with Crippen molar-refractivity contribution in [1.29, 1.82) is 0 Å². The quantitative estimate of drug-likeness (QED) is 0.747. The second kappa shape index (κ2) is 11.0. The Morgan fingerprint density at radius 2 is 1.82 bits per heavy atom. The lowest BCUT2D eigenvalue weighted by Gasteiger charge is -2.34. The van der Waals surface area contributed by atoms with Crippen LogP contribution in [0.25, 0.3) is 10.8 Å². The van der Waals surface area contributed by atoms with Gasteiger partial charge in [-0.3, -0.25) is 9.59 Å². The van der Waals surface area contributed by atoms with Crippen LogP contribution in [0.4, 0.5) is 0 Å². The van der Waals surface area contributed by atoms with Crippen LogP contribution in [0.15, 0.2) is 42.5 Å². The minimum atomic E-state index is -0.110.